The molecule has 2 amide bonds. The van der Waals surface area contributed by atoms with Crippen LogP contribution in [0.4, 0.5) is 0 Å². The lowest BCUT2D eigenvalue weighted by Crippen LogP contribution is -2.50. The van der Waals surface area contributed by atoms with Crippen molar-refractivity contribution in [3.8, 4) is 0 Å². The number of H-pyrrole nitrogens is 2. The van der Waals surface area contributed by atoms with Gasteiger partial charge in [-0.1, -0.05) is 0 Å². The number of nitrogens with one attached hydrogen (secondary N) is 2. The highest BCUT2D eigenvalue weighted by Gasteiger charge is 2.26. The van der Waals surface area contributed by atoms with Crippen LogP contribution in [-0.4, -0.2) is 57.8 Å². The van der Waals surface area contributed by atoms with E-state index in [9.17, 15) is 14.4 Å². The van der Waals surface area contributed by atoms with Crippen LogP contribution in [0, 0.1) is 13.8 Å². The summed E-state index contributed by atoms with van der Waals surface area (Å²) in [5, 5.41) is 1.07. The maximum atomic E-state index is 12.9. The minimum atomic E-state index is -0.239. The second-order valence-corrected chi connectivity index (χ2v) is 7.16. The van der Waals surface area contributed by atoms with Crippen molar-refractivity contribution in [1.29, 1.82) is 0 Å². The number of carbonyl (C=O) groups is 2. The van der Waals surface area contributed by atoms with Crippen LogP contribution in [0.15, 0.2) is 41.3 Å². The van der Waals surface area contributed by atoms with E-state index in [4.69, 9.17) is 0 Å². The number of rotatable bonds is 2. The molecular formula is C21H22N4O3. The SMILES string of the molecule is Cc1[nH]c2ccc(C(=O)N3CCN(C(=O)c4ccc(=O)[nH]c4)CC3)cc2c1C. The third kappa shape index (κ3) is 3.19. The number of pyridine rings is 1. The van der Waals surface area contributed by atoms with E-state index in [1.165, 1.54) is 18.3 Å². The lowest BCUT2D eigenvalue weighted by molar-refractivity contribution is 0.0535. The number of aryl methyl sites for hydroxylation is 2. The molecule has 0 saturated carbocycles. The molecule has 1 saturated heterocycles. The molecule has 0 spiro atoms. The summed E-state index contributed by atoms with van der Waals surface area (Å²) < 4.78 is 0. The maximum Gasteiger partial charge on any atom is 0.255 e. The molecule has 0 bridgehead atoms. The number of nitrogens with zero attached hydrogens (tertiary/aromatic N) is 2. The van der Waals surface area contributed by atoms with Crippen LogP contribution in [0.5, 0.6) is 0 Å². The molecule has 1 aliphatic rings. The first-order valence-electron chi connectivity index (χ1n) is 9.30. The van der Waals surface area contributed by atoms with Crippen LogP contribution >= 0.6 is 0 Å². The van der Waals surface area contributed by atoms with Crippen LogP contribution in [-0.2, 0) is 0 Å². The molecular weight excluding hydrogens is 356 g/mol. The van der Waals surface area contributed by atoms with Gasteiger partial charge in [-0.3, -0.25) is 14.4 Å². The van der Waals surface area contributed by atoms with Crippen LogP contribution in [0.2, 0.25) is 0 Å². The minimum Gasteiger partial charge on any atom is -0.358 e. The molecule has 3 aromatic rings. The molecule has 4 rings (SSSR count). The first kappa shape index (κ1) is 18.0. The molecule has 1 fully saturated rings. The number of hydrogen-bond donors (Lipinski definition) is 2. The van der Waals surface area contributed by atoms with Gasteiger partial charge in [0.2, 0.25) is 5.56 Å². The third-order valence-electron chi connectivity index (χ3n) is 5.44. The zero-order valence-electron chi connectivity index (χ0n) is 15.9. The van der Waals surface area contributed by atoms with Gasteiger partial charge in [-0.05, 0) is 43.7 Å². The fraction of sp³-hybridized carbons (Fsp3) is 0.286. The summed E-state index contributed by atoms with van der Waals surface area (Å²) in [4.78, 5) is 45.9. The van der Waals surface area contributed by atoms with Crippen molar-refractivity contribution in [3.05, 3.63) is 69.3 Å². The lowest BCUT2D eigenvalue weighted by Gasteiger charge is -2.34. The van der Waals surface area contributed by atoms with Crippen LogP contribution in [0.1, 0.15) is 32.0 Å². The Morgan fingerprint density at radius 3 is 2.11 bits per heavy atom. The number of hydrogen-bond acceptors (Lipinski definition) is 3. The topological polar surface area (TPSA) is 89.3 Å². The predicted octanol–water partition coefficient (Wildman–Crippen LogP) is 2.07. The molecule has 3 heterocycles. The van der Waals surface area contributed by atoms with E-state index in [0.29, 0.717) is 37.3 Å². The van der Waals surface area contributed by atoms with Gasteiger partial charge >= 0.3 is 0 Å². The first-order valence-corrected chi connectivity index (χ1v) is 9.30. The Kier molecular flexibility index (Phi) is 4.50. The van der Waals surface area contributed by atoms with Gasteiger partial charge in [-0.25, -0.2) is 0 Å². The summed E-state index contributed by atoms with van der Waals surface area (Å²) in [6.45, 7) is 5.97. The summed E-state index contributed by atoms with van der Waals surface area (Å²) in [7, 11) is 0. The van der Waals surface area contributed by atoms with Gasteiger partial charge in [0, 0.05) is 60.6 Å². The smallest absolute Gasteiger partial charge is 0.255 e. The summed E-state index contributed by atoms with van der Waals surface area (Å²) in [5.74, 6) is -0.153. The van der Waals surface area contributed by atoms with E-state index in [0.717, 1.165) is 22.2 Å². The number of carbonyl (C=O) groups excluding carboxylic acids is 2. The van der Waals surface area contributed by atoms with Crippen molar-refractivity contribution < 1.29 is 9.59 Å². The van der Waals surface area contributed by atoms with Gasteiger partial charge in [-0.15, -0.1) is 0 Å². The molecule has 0 aliphatic carbocycles. The van der Waals surface area contributed by atoms with Crippen molar-refractivity contribution in [1.82, 2.24) is 19.8 Å². The molecule has 2 aromatic heterocycles. The second-order valence-electron chi connectivity index (χ2n) is 7.16. The molecule has 7 heteroatoms. The molecule has 1 aromatic carbocycles. The predicted molar refractivity (Wildman–Crippen MR) is 107 cm³/mol. The standard InChI is InChI=1S/C21H22N4O3/c1-13-14(2)23-18-5-3-15(11-17(13)18)20(27)24-7-9-25(10-8-24)21(28)16-4-6-19(26)22-12-16/h3-6,11-12,23H,7-10H2,1-2H3,(H,22,26). The fourth-order valence-corrected chi connectivity index (χ4v) is 3.62. The van der Waals surface area contributed by atoms with Crippen molar-refractivity contribution >= 4 is 22.7 Å². The molecule has 7 nitrogen and oxygen atoms in total. The number of piperazine rings is 1. The van der Waals surface area contributed by atoms with E-state index in [1.807, 2.05) is 32.0 Å². The highest BCUT2D eigenvalue weighted by atomic mass is 16.2. The fourth-order valence-electron chi connectivity index (χ4n) is 3.62. The van der Waals surface area contributed by atoms with Crippen molar-refractivity contribution in [2.24, 2.45) is 0 Å². The Morgan fingerprint density at radius 1 is 0.893 bits per heavy atom. The number of fused-ring (bicyclic) bond motifs is 1. The molecule has 144 valence electrons. The summed E-state index contributed by atoms with van der Waals surface area (Å²) in [6.07, 6.45) is 1.43. The first-order chi connectivity index (χ1) is 13.4. The average Bonchev–Trinajstić information content (AvgIpc) is 3.01. The zero-order valence-corrected chi connectivity index (χ0v) is 15.9. The maximum absolute atomic E-state index is 12.9. The Hall–Kier alpha value is -3.35. The zero-order chi connectivity index (χ0) is 19.8. The second kappa shape index (κ2) is 6.99. The molecule has 0 unspecified atom stereocenters. The highest BCUT2D eigenvalue weighted by molar-refractivity contribution is 5.99. The van der Waals surface area contributed by atoms with Crippen LogP contribution < -0.4 is 5.56 Å². The summed E-state index contributed by atoms with van der Waals surface area (Å²) in [5.41, 5.74) is 4.16. The molecule has 0 atom stereocenters. The normalized spacial score (nSPS) is 14.5. The van der Waals surface area contributed by atoms with E-state index < -0.39 is 0 Å². The largest absolute Gasteiger partial charge is 0.358 e. The summed E-state index contributed by atoms with van der Waals surface area (Å²) >= 11 is 0. The van der Waals surface area contributed by atoms with Crippen molar-refractivity contribution in [2.75, 3.05) is 26.2 Å². The Balaban J connectivity index is 1.45. The van der Waals surface area contributed by atoms with Gasteiger partial charge in [0.15, 0.2) is 0 Å². The summed E-state index contributed by atoms with van der Waals surface area (Å²) in [6, 6.07) is 8.59. The van der Waals surface area contributed by atoms with E-state index in [-0.39, 0.29) is 17.4 Å². The molecule has 28 heavy (non-hydrogen) atoms. The van der Waals surface area contributed by atoms with Gasteiger partial charge in [0.25, 0.3) is 11.8 Å². The molecule has 2 N–H and O–H groups in total. The van der Waals surface area contributed by atoms with Gasteiger partial charge in [-0.2, -0.15) is 0 Å². The number of benzene rings is 1. The van der Waals surface area contributed by atoms with Gasteiger partial charge in [0.05, 0.1) is 5.56 Å². The van der Waals surface area contributed by atoms with Crippen LogP contribution in [0.25, 0.3) is 10.9 Å². The average molecular weight is 378 g/mol. The number of aromatic nitrogens is 2. The Bertz CT molecular complexity index is 1100. The monoisotopic (exact) mass is 378 g/mol. The number of aromatic amines is 2. The van der Waals surface area contributed by atoms with Crippen molar-refractivity contribution in [3.63, 3.8) is 0 Å². The Labute approximate surface area is 162 Å². The highest BCUT2D eigenvalue weighted by Crippen LogP contribution is 2.23. The van der Waals surface area contributed by atoms with E-state index >= 15 is 0 Å². The quantitative estimate of drug-likeness (QED) is 0.715. The van der Waals surface area contributed by atoms with E-state index in [2.05, 4.69) is 9.97 Å². The van der Waals surface area contributed by atoms with Gasteiger partial charge < -0.3 is 19.8 Å². The van der Waals surface area contributed by atoms with E-state index in [1.54, 1.807) is 9.80 Å². The van der Waals surface area contributed by atoms with Gasteiger partial charge in [0.1, 0.15) is 0 Å². The number of amides is 2. The minimum absolute atomic E-state index is 0.0173. The lowest BCUT2D eigenvalue weighted by atomic mass is 10.1. The Morgan fingerprint density at radius 2 is 1.50 bits per heavy atom. The van der Waals surface area contributed by atoms with Crippen LogP contribution in [0.3, 0.4) is 0 Å². The molecule has 0 radical (unpaired) electrons. The van der Waals surface area contributed by atoms with Crippen molar-refractivity contribution in [2.45, 2.75) is 13.8 Å². The third-order valence-corrected chi connectivity index (χ3v) is 5.44. The molecule has 1 aliphatic heterocycles.